The number of hydrogen-bond donors (Lipinski definition) is 0. The van der Waals surface area contributed by atoms with E-state index in [1.807, 2.05) is 24.3 Å². The predicted octanol–water partition coefficient (Wildman–Crippen LogP) is 6.83. The minimum Gasteiger partial charge on any atom is -0.339 e. The molecule has 0 spiro atoms. The average molecular weight is 480 g/mol. The molecule has 2 fully saturated rings. The Morgan fingerprint density at radius 3 is 2.19 bits per heavy atom. The van der Waals surface area contributed by atoms with Gasteiger partial charge in [0.25, 0.3) is 0 Å². The molecule has 1 saturated carbocycles. The molecule has 0 bridgehead atoms. The van der Waals surface area contributed by atoms with Crippen LogP contribution in [0.4, 0.5) is 8.78 Å². The third kappa shape index (κ3) is 4.84. The Morgan fingerprint density at radius 2 is 1.62 bits per heavy atom. The number of amides is 1. The van der Waals surface area contributed by atoms with Gasteiger partial charge in [0.15, 0.2) is 5.78 Å². The number of nitrogens with zero attached hydrogens (tertiary/aromatic N) is 1. The summed E-state index contributed by atoms with van der Waals surface area (Å²) in [7, 11) is 0. The number of carbonyl (C=O) groups excluding carboxylic acids is 2. The van der Waals surface area contributed by atoms with Gasteiger partial charge in [-0.05, 0) is 61.4 Å². The molecule has 1 atom stereocenters. The number of ketones is 1. The van der Waals surface area contributed by atoms with Gasteiger partial charge in [0.05, 0.1) is 0 Å². The van der Waals surface area contributed by atoms with Gasteiger partial charge in [0.2, 0.25) is 11.8 Å². The van der Waals surface area contributed by atoms with Crippen molar-refractivity contribution in [1.29, 1.82) is 0 Å². The van der Waals surface area contributed by atoms with E-state index in [0.717, 1.165) is 16.7 Å². The number of Topliss-reactive ketones (excluding diaryl/α,β-unsaturated/α-hetero) is 1. The zero-order valence-electron chi connectivity index (χ0n) is 17.8. The lowest BCUT2D eigenvalue weighted by Crippen LogP contribution is -2.42. The highest BCUT2D eigenvalue weighted by molar-refractivity contribution is 6.36. The van der Waals surface area contributed by atoms with E-state index in [9.17, 15) is 18.4 Å². The van der Waals surface area contributed by atoms with Crippen molar-refractivity contribution >= 4 is 34.9 Å². The first-order chi connectivity index (χ1) is 15.1. The summed E-state index contributed by atoms with van der Waals surface area (Å²) >= 11 is 13.1. The topological polar surface area (TPSA) is 37.4 Å². The van der Waals surface area contributed by atoms with E-state index in [4.69, 9.17) is 23.2 Å². The number of carbonyl (C=O) groups is 2. The Labute approximate surface area is 196 Å². The summed E-state index contributed by atoms with van der Waals surface area (Å²) in [5.74, 6) is -2.84. The molecule has 32 heavy (non-hydrogen) atoms. The van der Waals surface area contributed by atoms with Crippen LogP contribution in [0.2, 0.25) is 10.0 Å². The predicted molar refractivity (Wildman–Crippen MR) is 123 cm³/mol. The highest BCUT2D eigenvalue weighted by atomic mass is 35.5. The van der Waals surface area contributed by atoms with Crippen LogP contribution in [0, 0.1) is 5.92 Å². The third-order valence-corrected chi connectivity index (χ3v) is 7.37. The molecule has 7 heteroatoms. The highest BCUT2D eigenvalue weighted by Gasteiger charge is 2.42. The molecular formula is C25H25Cl2F2NO2. The molecule has 0 radical (unpaired) electrons. The number of alkyl halides is 2. The van der Waals surface area contributed by atoms with Gasteiger partial charge in [-0.15, -0.1) is 0 Å². The monoisotopic (exact) mass is 479 g/mol. The van der Waals surface area contributed by atoms with Crippen molar-refractivity contribution in [3.63, 3.8) is 0 Å². The molecule has 4 rings (SSSR count). The molecule has 3 nitrogen and oxygen atoms in total. The highest BCUT2D eigenvalue weighted by Crippen LogP contribution is 2.39. The zero-order chi connectivity index (χ0) is 23.0. The Bertz CT molecular complexity index is 1010. The van der Waals surface area contributed by atoms with Gasteiger partial charge in [-0.3, -0.25) is 9.59 Å². The summed E-state index contributed by atoms with van der Waals surface area (Å²) in [5.41, 5.74) is 3.09. The van der Waals surface area contributed by atoms with Crippen molar-refractivity contribution in [2.75, 3.05) is 6.54 Å². The number of benzene rings is 2. The second kappa shape index (κ2) is 9.11. The molecule has 2 aromatic carbocycles. The average Bonchev–Trinajstić information content (AvgIpc) is 3.11. The molecule has 1 heterocycles. The van der Waals surface area contributed by atoms with Crippen LogP contribution in [0.25, 0.3) is 11.1 Å². The molecule has 1 aliphatic heterocycles. The van der Waals surface area contributed by atoms with E-state index in [-0.39, 0.29) is 36.5 Å². The van der Waals surface area contributed by atoms with E-state index in [1.165, 1.54) is 6.92 Å². The third-order valence-electron chi connectivity index (χ3n) is 6.69. The SMILES string of the molecule is CC(=O)c1ccc(-c2cc(Cl)c(C[C@@H]3CCN(C4CCC(F)(F)CC4)C3=O)c(Cl)c2)cc1. The van der Waals surface area contributed by atoms with Crippen LogP contribution < -0.4 is 0 Å². The summed E-state index contributed by atoms with van der Waals surface area (Å²) in [6.45, 7) is 2.11. The smallest absolute Gasteiger partial charge is 0.248 e. The molecule has 2 aromatic rings. The van der Waals surface area contributed by atoms with Crippen LogP contribution in [-0.2, 0) is 11.2 Å². The summed E-state index contributed by atoms with van der Waals surface area (Å²) < 4.78 is 27.0. The van der Waals surface area contributed by atoms with Crippen LogP contribution in [-0.4, -0.2) is 35.1 Å². The normalized spacial score (nSPS) is 21.2. The Kier molecular flexibility index (Phi) is 6.60. The molecule has 2 aliphatic rings. The Hall–Kier alpha value is -1.98. The summed E-state index contributed by atoms with van der Waals surface area (Å²) in [4.78, 5) is 26.3. The van der Waals surface area contributed by atoms with Crippen LogP contribution in [0.1, 0.15) is 54.9 Å². The summed E-state index contributed by atoms with van der Waals surface area (Å²) in [5, 5.41) is 0.985. The van der Waals surface area contributed by atoms with E-state index in [2.05, 4.69) is 0 Å². The van der Waals surface area contributed by atoms with E-state index in [0.29, 0.717) is 47.8 Å². The first-order valence-corrected chi connectivity index (χ1v) is 11.7. The fourth-order valence-corrected chi connectivity index (χ4v) is 5.40. The van der Waals surface area contributed by atoms with Crippen LogP contribution in [0.3, 0.4) is 0 Å². The van der Waals surface area contributed by atoms with Gasteiger partial charge in [-0.2, -0.15) is 0 Å². The van der Waals surface area contributed by atoms with Crippen LogP contribution >= 0.6 is 23.2 Å². The van der Waals surface area contributed by atoms with Crippen LogP contribution in [0.5, 0.6) is 0 Å². The molecule has 1 saturated heterocycles. The van der Waals surface area contributed by atoms with E-state index >= 15 is 0 Å². The van der Waals surface area contributed by atoms with E-state index < -0.39 is 5.92 Å². The number of halogens is 4. The van der Waals surface area contributed by atoms with Crippen LogP contribution in [0.15, 0.2) is 36.4 Å². The Morgan fingerprint density at radius 1 is 1.03 bits per heavy atom. The van der Waals surface area contributed by atoms with Gasteiger partial charge >= 0.3 is 0 Å². The van der Waals surface area contributed by atoms with Gasteiger partial charge < -0.3 is 4.90 Å². The maximum Gasteiger partial charge on any atom is 0.248 e. The maximum atomic E-state index is 13.5. The summed E-state index contributed by atoms with van der Waals surface area (Å²) in [6, 6.07) is 10.8. The second-order valence-corrected chi connectivity index (χ2v) is 9.67. The number of rotatable bonds is 5. The van der Waals surface area contributed by atoms with Gasteiger partial charge in [0.1, 0.15) is 0 Å². The number of hydrogen-bond acceptors (Lipinski definition) is 2. The first-order valence-electron chi connectivity index (χ1n) is 10.9. The summed E-state index contributed by atoms with van der Waals surface area (Å²) in [6.07, 6.45) is 1.50. The fourth-order valence-electron chi connectivity index (χ4n) is 4.76. The van der Waals surface area contributed by atoms with Crippen molar-refractivity contribution in [3.05, 3.63) is 57.6 Å². The molecule has 1 amide bonds. The molecule has 170 valence electrons. The van der Waals surface area contributed by atoms with Crippen molar-refractivity contribution in [2.45, 2.75) is 57.4 Å². The molecular weight excluding hydrogens is 455 g/mol. The molecule has 0 unspecified atom stereocenters. The standard InChI is InChI=1S/C25H25Cl2F2NO2/c1-15(31)16-2-4-17(5-3-16)19-13-22(26)21(23(27)14-19)12-18-8-11-30(24(18)32)20-6-9-25(28,29)10-7-20/h2-5,13-14,18,20H,6-12H2,1H3/t18-/m0/s1. The lowest BCUT2D eigenvalue weighted by Gasteiger charge is -2.34. The van der Waals surface area contributed by atoms with Crippen molar-refractivity contribution in [3.8, 4) is 11.1 Å². The maximum absolute atomic E-state index is 13.5. The molecule has 1 aliphatic carbocycles. The van der Waals surface area contributed by atoms with Gasteiger partial charge in [-0.1, -0.05) is 47.5 Å². The minimum absolute atomic E-state index is 0.000163. The minimum atomic E-state index is -2.60. The molecule has 0 aromatic heterocycles. The lowest BCUT2D eigenvalue weighted by molar-refractivity contribution is -0.135. The largest absolute Gasteiger partial charge is 0.339 e. The Balaban J connectivity index is 1.47. The lowest BCUT2D eigenvalue weighted by atomic mass is 9.91. The van der Waals surface area contributed by atoms with Crippen molar-refractivity contribution < 1.29 is 18.4 Å². The quantitative estimate of drug-likeness (QED) is 0.440. The fraction of sp³-hybridized carbons (Fsp3) is 0.440. The second-order valence-electron chi connectivity index (χ2n) is 8.86. The van der Waals surface area contributed by atoms with Crippen molar-refractivity contribution in [1.82, 2.24) is 4.90 Å². The van der Waals surface area contributed by atoms with Gasteiger partial charge in [0, 0.05) is 47.0 Å². The zero-order valence-corrected chi connectivity index (χ0v) is 19.4. The first kappa shape index (κ1) is 23.2. The molecule has 0 N–H and O–H groups in total. The van der Waals surface area contributed by atoms with Gasteiger partial charge in [-0.25, -0.2) is 8.78 Å². The van der Waals surface area contributed by atoms with Crippen molar-refractivity contribution in [2.24, 2.45) is 5.92 Å². The number of likely N-dealkylation sites (tertiary alicyclic amines) is 1. The van der Waals surface area contributed by atoms with E-state index in [1.54, 1.807) is 17.0 Å².